The summed E-state index contributed by atoms with van der Waals surface area (Å²) in [5, 5.41) is 0. The van der Waals surface area contributed by atoms with Gasteiger partial charge in [-0.1, -0.05) is 21.6 Å². The highest BCUT2D eigenvalue weighted by atomic mass is 35.5. The number of rotatable bonds is 5. The molecule has 6 heteroatoms. The predicted molar refractivity (Wildman–Crippen MR) is 57.5 cm³/mol. The van der Waals surface area contributed by atoms with Crippen LogP contribution < -0.4 is 11.5 Å². The highest BCUT2D eigenvalue weighted by Gasteiger charge is 1.84. The average molecular weight is 227 g/mol. The number of hydrogen-bond donors (Lipinski definition) is 2. The first-order valence-corrected chi connectivity index (χ1v) is 4.55. The molecular formula is C4H14Cl2N2S2. The zero-order chi connectivity index (χ0) is 7.98. The fourth-order valence-electron chi connectivity index (χ4n) is 0.157. The monoisotopic (exact) mass is 226 g/mol. The summed E-state index contributed by atoms with van der Waals surface area (Å²) in [4.78, 5) is 0. The Kier molecular flexibility index (Phi) is 18.7. The molecule has 0 aromatic carbocycles. The van der Waals surface area contributed by atoms with Crippen molar-refractivity contribution in [2.75, 3.05) is 24.5 Å². The Bertz CT molecular complexity index is 83.5. The molecule has 0 spiro atoms. The van der Waals surface area contributed by atoms with Crippen LogP contribution in [0.1, 0.15) is 2.74 Å². The summed E-state index contributed by atoms with van der Waals surface area (Å²) in [5.74, 6) is 0. The van der Waals surface area contributed by atoms with Crippen LogP contribution in [-0.2, 0) is 0 Å². The van der Waals surface area contributed by atoms with E-state index in [4.69, 9.17) is 14.2 Å². The van der Waals surface area contributed by atoms with E-state index in [-0.39, 0.29) is 36.3 Å². The third-order valence-electron chi connectivity index (χ3n) is 0.384. The minimum atomic E-state index is -0.329. The molecule has 0 aromatic rings. The Balaban J connectivity index is -0.000000405. The molecule has 4 N–H and O–H groups in total. The molecule has 0 fully saturated rings. The van der Waals surface area contributed by atoms with Gasteiger partial charge in [0.15, 0.2) is 0 Å². The van der Waals surface area contributed by atoms with Gasteiger partial charge in [-0.2, -0.15) is 0 Å². The molecule has 0 saturated carbocycles. The van der Waals surface area contributed by atoms with Crippen molar-refractivity contribution in [3.05, 3.63) is 0 Å². The molecule has 0 aliphatic heterocycles. The van der Waals surface area contributed by atoms with Crippen molar-refractivity contribution in [1.82, 2.24) is 0 Å². The normalized spacial score (nSPS) is 17.0. The van der Waals surface area contributed by atoms with E-state index in [9.17, 15) is 0 Å². The van der Waals surface area contributed by atoms with E-state index >= 15 is 0 Å². The molecule has 0 saturated heterocycles. The summed E-state index contributed by atoms with van der Waals surface area (Å²) in [6, 6.07) is 0. The Morgan fingerprint density at radius 1 is 1.00 bits per heavy atom. The van der Waals surface area contributed by atoms with Gasteiger partial charge in [-0.3, -0.25) is 0 Å². The molecule has 66 valence electrons. The zero-order valence-electron chi connectivity index (χ0n) is 7.36. The van der Waals surface area contributed by atoms with Gasteiger partial charge in [0.05, 0.1) is 0 Å². The minimum absolute atomic E-state index is 0. The van der Waals surface area contributed by atoms with Crippen LogP contribution in [0.2, 0.25) is 0 Å². The SMILES string of the molecule is Cl.Cl.[2H]C(CN)SSC([2H])CN. The van der Waals surface area contributed by atoms with Crippen molar-refractivity contribution in [3.63, 3.8) is 0 Å². The zero-order valence-corrected chi connectivity index (χ0v) is 8.62. The van der Waals surface area contributed by atoms with Gasteiger partial charge in [0, 0.05) is 27.3 Å². The smallest absolute Gasteiger partial charge is 0.0402 e. The second-order valence-corrected chi connectivity index (χ2v) is 3.20. The highest BCUT2D eigenvalue weighted by Crippen LogP contribution is 2.18. The minimum Gasteiger partial charge on any atom is -0.330 e. The summed E-state index contributed by atoms with van der Waals surface area (Å²) in [6.07, 6.45) is 0. The van der Waals surface area contributed by atoms with E-state index in [1.54, 1.807) is 0 Å². The molecule has 0 aliphatic carbocycles. The van der Waals surface area contributed by atoms with Crippen LogP contribution in [0.15, 0.2) is 0 Å². The van der Waals surface area contributed by atoms with E-state index in [1.165, 1.54) is 21.6 Å². The Labute approximate surface area is 85.3 Å². The first-order chi connectivity index (χ1) is 4.70. The van der Waals surface area contributed by atoms with Gasteiger partial charge < -0.3 is 11.5 Å². The van der Waals surface area contributed by atoms with E-state index < -0.39 is 0 Å². The molecule has 0 heterocycles. The van der Waals surface area contributed by atoms with Crippen molar-refractivity contribution >= 4 is 46.4 Å². The Morgan fingerprint density at radius 3 is 1.50 bits per heavy atom. The number of hydrogen-bond acceptors (Lipinski definition) is 4. The number of nitrogens with two attached hydrogens (primary N) is 2. The summed E-state index contributed by atoms with van der Waals surface area (Å²) >= 11 is 0. The van der Waals surface area contributed by atoms with Gasteiger partial charge >= 0.3 is 0 Å². The molecule has 0 radical (unpaired) electrons. The standard InChI is InChI=1S/C4H12N2S2.2ClH/c5-1-3-7-8-4-2-6;;/h1-6H2;2*1H/i3D,4D;;. The first kappa shape index (κ1) is 11.2. The summed E-state index contributed by atoms with van der Waals surface area (Å²) in [5.41, 5.74) is 9.71. The van der Waals surface area contributed by atoms with Gasteiger partial charge in [-0.25, -0.2) is 0 Å². The second kappa shape index (κ2) is 16.7. The van der Waals surface area contributed by atoms with Gasteiger partial charge in [0.25, 0.3) is 0 Å². The van der Waals surface area contributed by atoms with Gasteiger partial charge in [-0.05, 0) is 0 Å². The van der Waals surface area contributed by atoms with Gasteiger partial charge in [0.1, 0.15) is 0 Å². The molecular weight excluding hydrogens is 211 g/mol. The maximum Gasteiger partial charge on any atom is 0.0402 e. The van der Waals surface area contributed by atoms with E-state index in [2.05, 4.69) is 0 Å². The van der Waals surface area contributed by atoms with Crippen LogP contribution in [0.3, 0.4) is 0 Å². The van der Waals surface area contributed by atoms with E-state index in [0.717, 1.165) is 0 Å². The van der Waals surface area contributed by atoms with Crippen molar-refractivity contribution in [3.8, 4) is 0 Å². The average Bonchev–Trinajstić information content (AvgIpc) is 1.99. The Hall–Kier alpha value is 1.20. The van der Waals surface area contributed by atoms with Crippen molar-refractivity contribution < 1.29 is 2.74 Å². The molecule has 0 aromatic heterocycles. The molecule has 0 bridgehead atoms. The number of halogens is 2. The first-order valence-electron chi connectivity index (χ1n) is 3.43. The van der Waals surface area contributed by atoms with E-state index in [0.29, 0.717) is 13.1 Å². The Morgan fingerprint density at radius 2 is 1.30 bits per heavy atom. The lowest BCUT2D eigenvalue weighted by Gasteiger charge is -1.93. The maximum atomic E-state index is 7.18. The van der Waals surface area contributed by atoms with Crippen LogP contribution >= 0.6 is 46.4 Å². The fraction of sp³-hybridized carbons (Fsp3) is 1.00. The van der Waals surface area contributed by atoms with Crippen LogP contribution in [0.5, 0.6) is 0 Å². The molecule has 2 nitrogen and oxygen atoms in total. The lowest BCUT2D eigenvalue weighted by Crippen LogP contribution is -2.02. The topological polar surface area (TPSA) is 52.0 Å². The largest absolute Gasteiger partial charge is 0.330 e. The summed E-state index contributed by atoms with van der Waals surface area (Å²) < 4.78 is 14.4. The molecule has 10 heavy (non-hydrogen) atoms. The predicted octanol–water partition coefficient (Wildman–Crippen LogP) is 1.13. The lowest BCUT2D eigenvalue weighted by molar-refractivity contribution is 1.15. The fourth-order valence-corrected chi connectivity index (χ4v) is 1.41. The molecule has 2 unspecified atom stereocenters. The third-order valence-corrected chi connectivity index (χ3v) is 2.30. The van der Waals surface area contributed by atoms with Crippen LogP contribution in [-0.4, -0.2) is 24.5 Å². The third kappa shape index (κ3) is 16.1. The summed E-state index contributed by atoms with van der Waals surface area (Å²) in [7, 11) is 2.60. The highest BCUT2D eigenvalue weighted by molar-refractivity contribution is 8.76. The van der Waals surface area contributed by atoms with Crippen molar-refractivity contribution in [1.29, 1.82) is 0 Å². The lowest BCUT2D eigenvalue weighted by atomic mass is 10.8. The van der Waals surface area contributed by atoms with Crippen LogP contribution in [0, 0.1) is 0 Å². The molecule has 2 atom stereocenters. The van der Waals surface area contributed by atoms with Crippen LogP contribution in [0.25, 0.3) is 0 Å². The van der Waals surface area contributed by atoms with Crippen LogP contribution in [0.4, 0.5) is 0 Å². The quantitative estimate of drug-likeness (QED) is 0.691. The molecule has 0 amide bonds. The van der Waals surface area contributed by atoms with Crippen molar-refractivity contribution in [2.24, 2.45) is 11.5 Å². The van der Waals surface area contributed by atoms with Gasteiger partial charge in [-0.15, -0.1) is 24.8 Å². The summed E-state index contributed by atoms with van der Waals surface area (Å²) in [6.45, 7) is 0.657. The molecule has 0 aliphatic rings. The maximum absolute atomic E-state index is 7.18. The molecule has 0 rings (SSSR count). The second-order valence-electron chi connectivity index (χ2n) is 0.997. The van der Waals surface area contributed by atoms with Gasteiger partial charge in [0.2, 0.25) is 0 Å². The van der Waals surface area contributed by atoms with E-state index in [1.807, 2.05) is 0 Å². The van der Waals surface area contributed by atoms with Crippen molar-refractivity contribution in [2.45, 2.75) is 0 Å².